The lowest BCUT2D eigenvalue weighted by Crippen LogP contribution is -2.24. The average Bonchev–Trinajstić information content (AvgIpc) is 2.86. The molecule has 1 fully saturated rings. The first-order valence-corrected chi connectivity index (χ1v) is 7.97. The Morgan fingerprint density at radius 2 is 2.25 bits per heavy atom. The van der Waals surface area contributed by atoms with Crippen LogP contribution < -0.4 is 5.32 Å². The molecule has 4 nitrogen and oxygen atoms in total. The van der Waals surface area contributed by atoms with Gasteiger partial charge < -0.3 is 5.32 Å². The van der Waals surface area contributed by atoms with Crippen molar-refractivity contribution in [3.8, 4) is 0 Å². The zero-order chi connectivity index (χ0) is 11.8. The highest BCUT2D eigenvalue weighted by Crippen LogP contribution is 2.28. The van der Waals surface area contributed by atoms with Gasteiger partial charge in [-0.25, -0.2) is 8.42 Å². The van der Waals surface area contributed by atoms with Crippen LogP contribution in [0.25, 0.3) is 0 Å². The first-order valence-electron chi connectivity index (χ1n) is 4.78. The zero-order valence-electron chi connectivity index (χ0n) is 8.27. The number of amides is 1. The van der Waals surface area contributed by atoms with Gasteiger partial charge in [-0.05, 0) is 24.8 Å². The molecule has 1 aromatic heterocycles. The minimum Gasteiger partial charge on any atom is -0.352 e. The largest absolute Gasteiger partial charge is 0.352 e. The molecule has 1 aliphatic rings. The van der Waals surface area contributed by atoms with Crippen LogP contribution in [0.1, 0.15) is 23.2 Å². The molecule has 16 heavy (non-hydrogen) atoms. The van der Waals surface area contributed by atoms with Crippen LogP contribution in [0, 0.1) is 5.92 Å². The molecule has 1 N–H and O–H groups in total. The number of carbonyl (C=O) groups is 1. The molecule has 0 aromatic carbocycles. The van der Waals surface area contributed by atoms with Crippen molar-refractivity contribution < 1.29 is 13.2 Å². The standard InChI is InChI=1S/C9H10ClNO3S2/c10-16(13,14)8-3-7(5-15-8)9(12)11-4-6-1-2-6/h3,5-6H,1-2,4H2,(H,11,12). The van der Waals surface area contributed by atoms with Crippen LogP contribution in [0.15, 0.2) is 15.7 Å². The smallest absolute Gasteiger partial charge is 0.270 e. The molecular weight excluding hydrogens is 270 g/mol. The van der Waals surface area contributed by atoms with Gasteiger partial charge >= 0.3 is 0 Å². The summed E-state index contributed by atoms with van der Waals surface area (Å²) in [6, 6.07) is 1.30. The predicted octanol–water partition coefficient (Wildman–Crippen LogP) is 1.82. The van der Waals surface area contributed by atoms with E-state index in [-0.39, 0.29) is 10.1 Å². The maximum atomic E-state index is 11.6. The number of nitrogens with one attached hydrogen (secondary N) is 1. The van der Waals surface area contributed by atoms with Crippen molar-refractivity contribution in [2.24, 2.45) is 5.92 Å². The van der Waals surface area contributed by atoms with Gasteiger partial charge in [0.2, 0.25) is 0 Å². The van der Waals surface area contributed by atoms with Crippen molar-refractivity contribution in [3.05, 3.63) is 17.0 Å². The molecular formula is C9H10ClNO3S2. The van der Waals surface area contributed by atoms with Crippen molar-refractivity contribution >= 4 is 37.0 Å². The Balaban J connectivity index is 2.02. The Hall–Kier alpha value is -0.590. The second-order valence-electron chi connectivity index (χ2n) is 3.75. The lowest BCUT2D eigenvalue weighted by molar-refractivity contribution is 0.0952. The van der Waals surface area contributed by atoms with Crippen LogP contribution in [0.5, 0.6) is 0 Å². The first kappa shape index (κ1) is 11.9. The van der Waals surface area contributed by atoms with E-state index in [0.717, 1.165) is 24.2 Å². The van der Waals surface area contributed by atoms with E-state index in [1.165, 1.54) is 11.4 Å². The summed E-state index contributed by atoms with van der Waals surface area (Å²) in [5, 5.41) is 4.25. The Bertz CT molecular complexity index is 505. The fraction of sp³-hybridized carbons (Fsp3) is 0.444. The second kappa shape index (κ2) is 4.35. The van der Waals surface area contributed by atoms with E-state index in [9.17, 15) is 13.2 Å². The molecule has 0 aliphatic heterocycles. The van der Waals surface area contributed by atoms with Crippen molar-refractivity contribution in [2.75, 3.05) is 6.54 Å². The molecule has 1 saturated carbocycles. The lowest BCUT2D eigenvalue weighted by Gasteiger charge is -2.00. The number of hydrogen-bond donors (Lipinski definition) is 1. The quantitative estimate of drug-likeness (QED) is 0.855. The maximum Gasteiger partial charge on any atom is 0.270 e. The van der Waals surface area contributed by atoms with Gasteiger partial charge in [0.25, 0.3) is 15.0 Å². The summed E-state index contributed by atoms with van der Waals surface area (Å²) in [5.74, 6) is 0.355. The summed E-state index contributed by atoms with van der Waals surface area (Å²) in [4.78, 5) is 11.6. The monoisotopic (exact) mass is 279 g/mol. The Morgan fingerprint density at radius 3 is 2.75 bits per heavy atom. The summed E-state index contributed by atoms with van der Waals surface area (Å²) in [6.07, 6.45) is 2.32. The summed E-state index contributed by atoms with van der Waals surface area (Å²) in [7, 11) is 1.44. The van der Waals surface area contributed by atoms with Gasteiger partial charge in [-0.1, -0.05) is 0 Å². The highest BCUT2D eigenvalue weighted by Gasteiger charge is 2.22. The molecule has 1 heterocycles. The van der Waals surface area contributed by atoms with Crippen molar-refractivity contribution in [1.29, 1.82) is 0 Å². The lowest BCUT2D eigenvalue weighted by atomic mass is 10.3. The highest BCUT2D eigenvalue weighted by atomic mass is 35.7. The van der Waals surface area contributed by atoms with Gasteiger partial charge in [0.05, 0.1) is 5.56 Å². The SMILES string of the molecule is O=C(NCC1CC1)c1csc(S(=O)(=O)Cl)c1. The highest BCUT2D eigenvalue weighted by molar-refractivity contribution is 8.15. The van der Waals surface area contributed by atoms with Crippen LogP contribution in [0.3, 0.4) is 0 Å². The summed E-state index contributed by atoms with van der Waals surface area (Å²) in [5.41, 5.74) is 0.352. The van der Waals surface area contributed by atoms with Crippen LogP contribution in [0.4, 0.5) is 0 Å². The molecule has 0 atom stereocenters. The summed E-state index contributed by atoms with van der Waals surface area (Å²) >= 11 is 0.954. The third-order valence-electron chi connectivity index (χ3n) is 2.33. The summed E-state index contributed by atoms with van der Waals surface area (Å²) < 4.78 is 22.0. The third-order valence-corrected chi connectivity index (χ3v) is 5.37. The molecule has 0 unspecified atom stereocenters. The normalized spacial score (nSPS) is 16.1. The molecule has 7 heteroatoms. The van der Waals surface area contributed by atoms with Crippen LogP contribution >= 0.6 is 22.0 Å². The number of rotatable bonds is 4. The molecule has 1 aliphatic carbocycles. The number of carbonyl (C=O) groups excluding carboxylic acids is 1. The number of thiophene rings is 1. The van der Waals surface area contributed by atoms with Gasteiger partial charge in [0, 0.05) is 22.6 Å². The molecule has 0 radical (unpaired) electrons. The van der Waals surface area contributed by atoms with Crippen LogP contribution in [-0.4, -0.2) is 20.9 Å². The fourth-order valence-corrected chi connectivity index (χ4v) is 3.17. The molecule has 0 spiro atoms. The Morgan fingerprint density at radius 1 is 1.56 bits per heavy atom. The average molecular weight is 280 g/mol. The van der Waals surface area contributed by atoms with Gasteiger partial charge in [0.1, 0.15) is 4.21 Å². The van der Waals surface area contributed by atoms with E-state index in [2.05, 4.69) is 5.32 Å². The maximum absolute atomic E-state index is 11.6. The van der Waals surface area contributed by atoms with E-state index < -0.39 is 9.05 Å². The topological polar surface area (TPSA) is 63.2 Å². The molecule has 1 amide bonds. The van der Waals surface area contributed by atoms with Gasteiger partial charge in [-0.3, -0.25) is 4.79 Å². The van der Waals surface area contributed by atoms with Crippen LogP contribution in [0.2, 0.25) is 0 Å². The number of hydrogen-bond acceptors (Lipinski definition) is 4. The fourth-order valence-electron chi connectivity index (χ4n) is 1.22. The van der Waals surface area contributed by atoms with Gasteiger partial charge in [0.15, 0.2) is 0 Å². The van der Waals surface area contributed by atoms with Gasteiger partial charge in [-0.2, -0.15) is 0 Å². The first-order chi connectivity index (χ1) is 7.47. The molecule has 0 saturated heterocycles. The molecule has 1 aromatic rings. The van der Waals surface area contributed by atoms with E-state index >= 15 is 0 Å². The third kappa shape index (κ3) is 2.96. The molecule has 2 rings (SSSR count). The van der Waals surface area contributed by atoms with Crippen molar-refractivity contribution in [3.63, 3.8) is 0 Å². The van der Waals surface area contributed by atoms with E-state index in [4.69, 9.17) is 10.7 Å². The van der Waals surface area contributed by atoms with E-state index in [1.807, 2.05) is 0 Å². The minimum absolute atomic E-state index is 0.00531. The second-order valence-corrected chi connectivity index (χ2v) is 7.45. The van der Waals surface area contributed by atoms with E-state index in [1.54, 1.807) is 0 Å². The molecule has 0 bridgehead atoms. The van der Waals surface area contributed by atoms with Gasteiger partial charge in [-0.15, -0.1) is 11.3 Å². The molecule has 88 valence electrons. The minimum atomic E-state index is -3.72. The predicted molar refractivity (Wildman–Crippen MR) is 62.4 cm³/mol. The Labute approximate surface area is 102 Å². The van der Waals surface area contributed by atoms with Crippen LogP contribution in [-0.2, 0) is 9.05 Å². The van der Waals surface area contributed by atoms with Crippen molar-refractivity contribution in [2.45, 2.75) is 17.1 Å². The Kier molecular flexibility index (Phi) is 3.23. The number of halogens is 1. The van der Waals surface area contributed by atoms with E-state index in [0.29, 0.717) is 18.0 Å². The van der Waals surface area contributed by atoms with Crippen molar-refractivity contribution in [1.82, 2.24) is 5.32 Å². The zero-order valence-corrected chi connectivity index (χ0v) is 10.7. The summed E-state index contributed by atoms with van der Waals surface area (Å²) in [6.45, 7) is 0.664.